The van der Waals surface area contributed by atoms with Crippen molar-refractivity contribution in [2.45, 2.75) is 24.9 Å². The van der Waals surface area contributed by atoms with Crippen LogP contribution < -0.4 is 10.9 Å². The van der Waals surface area contributed by atoms with Crippen molar-refractivity contribution >= 4 is 28.6 Å². The minimum absolute atomic E-state index is 0.0890. The van der Waals surface area contributed by atoms with E-state index in [0.29, 0.717) is 28.4 Å². The number of thioether (sulfide) groups is 1. The van der Waals surface area contributed by atoms with Crippen molar-refractivity contribution in [2.24, 2.45) is 0 Å². The van der Waals surface area contributed by atoms with E-state index in [1.165, 1.54) is 21.9 Å². The fraction of sp³-hybridized carbons (Fsp3) is 0.200. The van der Waals surface area contributed by atoms with Crippen LogP contribution in [0.25, 0.3) is 16.7 Å². The van der Waals surface area contributed by atoms with Gasteiger partial charge in [0, 0.05) is 12.7 Å². The highest BCUT2D eigenvalue weighted by molar-refractivity contribution is 7.99. The van der Waals surface area contributed by atoms with Gasteiger partial charge < -0.3 is 5.32 Å². The van der Waals surface area contributed by atoms with Crippen LogP contribution in [0.1, 0.15) is 17.5 Å². The van der Waals surface area contributed by atoms with Crippen molar-refractivity contribution in [3.05, 3.63) is 94.4 Å². The molecule has 2 aromatic carbocycles. The smallest absolute Gasteiger partial charge is 0.267 e. The molecule has 0 aliphatic rings. The minimum Gasteiger partial charge on any atom is -0.355 e. The predicted octanol–water partition coefficient (Wildman–Crippen LogP) is 3.93. The number of carbonyl (C=O) groups is 1. The quantitative estimate of drug-likeness (QED) is 0.253. The number of aryl methyl sites for hydroxylation is 2. The molecule has 162 valence electrons. The molecule has 1 N–H and O–H groups in total. The maximum Gasteiger partial charge on any atom is 0.267 e. The number of rotatable bonds is 8. The van der Waals surface area contributed by atoms with Crippen LogP contribution in [0.3, 0.4) is 0 Å². The summed E-state index contributed by atoms with van der Waals surface area (Å²) in [4.78, 5) is 34.7. The number of hydrogen-bond acceptors (Lipinski definition) is 5. The van der Waals surface area contributed by atoms with Crippen LogP contribution in [-0.2, 0) is 11.2 Å². The largest absolute Gasteiger partial charge is 0.355 e. The third kappa shape index (κ3) is 5.23. The van der Waals surface area contributed by atoms with Crippen LogP contribution in [-0.4, -0.2) is 32.7 Å². The van der Waals surface area contributed by atoms with E-state index in [4.69, 9.17) is 0 Å². The number of nitrogens with one attached hydrogen (secondary N) is 1. The zero-order valence-corrected chi connectivity index (χ0v) is 18.6. The third-order valence-electron chi connectivity index (χ3n) is 5.01. The number of carbonyl (C=O) groups excluding carboxylic acids is 1. The number of nitrogens with zero attached hydrogens (tertiary/aromatic N) is 3. The highest BCUT2D eigenvalue weighted by Gasteiger charge is 2.15. The number of amides is 1. The number of hydrogen-bond donors (Lipinski definition) is 1. The van der Waals surface area contributed by atoms with Crippen LogP contribution in [0.2, 0.25) is 0 Å². The first-order valence-electron chi connectivity index (χ1n) is 10.5. The molecule has 7 heteroatoms. The molecule has 1 amide bonds. The first-order chi connectivity index (χ1) is 15.6. The zero-order valence-electron chi connectivity index (χ0n) is 17.8. The molecule has 4 rings (SSSR count). The normalized spacial score (nSPS) is 10.9. The Kier molecular flexibility index (Phi) is 6.97. The molecule has 0 radical (unpaired) electrons. The first-order valence-corrected chi connectivity index (χ1v) is 11.5. The molecule has 0 bridgehead atoms. The number of para-hydroxylation sites is 1. The molecule has 0 fully saturated rings. The molecule has 2 heterocycles. The van der Waals surface area contributed by atoms with E-state index in [1.54, 1.807) is 24.4 Å². The van der Waals surface area contributed by atoms with Gasteiger partial charge in [-0.2, -0.15) is 0 Å². The van der Waals surface area contributed by atoms with Crippen LogP contribution >= 0.6 is 11.8 Å². The van der Waals surface area contributed by atoms with Gasteiger partial charge in [0.15, 0.2) is 5.16 Å². The Bertz CT molecular complexity index is 1270. The molecule has 0 saturated heterocycles. The lowest BCUT2D eigenvalue weighted by atomic mass is 10.1. The fourth-order valence-corrected chi connectivity index (χ4v) is 4.18. The summed E-state index contributed by atoms with van der Waals surface area (Å²) < 4.78 is 1.48. The monoisotopic (exact) mass is 444 g/mol. The Hall–Kier alpha value is -3.45. The van der Waals surface area contributed by atoms with E-state index < -0.39 is 0 Å². The molecule has 0 aliphatic heterocycles. The maximum atomic E-state index is 13.2. The van der Waals surface area contributed by atoms with Gasteiger partial charge in [0.1, 0.15) is 5.82 Å². The van der Waals surface area contributed by atoms with E-state index in [-0.39, 0.29) is 17.2 Å². The molecular formula is C25H24N4O2S. The van der Waals surface area contributed by atoms with Crippen LogP contribution in [0.5, 0.6) is 0 Å². The van der Waals surface area contributed by atoms with Gasteiger partial charge in [-0.1, -0.05) is 60.3 Å². The van der Waals surface area contributed by atoms with E-state index in [2.05, 4.69) is 27.4 Å². The fourth-order valence-electron chi connectivity index (χ4n) is 3.35. The van der Waals surface area contributed by atoms with Crippen molar-refractivity contribution < 1.29 is 4.79 Å². The molecule has 0 spiro atoms. The highest BCUT2D eigenvalue weighted by Crippen LogP contribution is 2.20. The van der Waals surface area contributed by atoms with Gasteiger partial charge in [0.25, 0.3) is 5.56 Å². The van der Waals surface area contributed by atoms with E-state index in [9.17, 15) is 9.59 Å². The molecular weight excluding hydrogens is 420 g/mol. The van der Waals surface area contributed by atoms with Crippen molar-refractivity contribution in [1.82, 2.24) is 19.9 Å². The lowest BCUT2D eigenvalue weighted by molar-refractivity contribution is -0.118. The number of benzene rings is 2. The van der Waals surface area contributed by atoms with Crippen molar-refractivity contribution in [1.29, 1.82) is 0 Å². The van der Waals surface area contributed by atoms with Crippen LogP contribution in [0, 0.1) is 6.92 Å². The summed E-state index contributed by atoms with van der Waals surface area (Å²) in [5.74, 6) is 0.570. The topological polar surface area (TPSA) is 76.9 Å². The van der Waals surface area contributed by atoms with E-state index >= 15 is 0 Å². The molecule has 0 aliphatic carbocycles. The van der Waals surface area contributed by atoms with Crippen molar-refractivity contribution in [3.8, 4) is 5.82 Å². The van der Waals surface area contributed by atoms with Gasteiger partial charge in [-0.05, 0) is 49.1 Å². The summed E-state index contributed by atoms with van der Waals surface area (Å²) in [5.41, 5.74) is 2.66. The Morgan fingerprint density at radius 2 is 1.81 bits per heavy atom. The summed E-state index contributed by atoms with van der Waals surface area (Å²) in [6.07, 6.45) is 3.50. The predicted molar refractivity (Wildman–Crippen MR) is 128 cm³/mol. The molecule has 6 nitrogen and oxygen atoms in total. The lowest BCUT2D eigenvalue weighted by Gasteiger charge is -2.12. The summed E-state index contributed by atoms with van der Waals surface area (Å²) in [6.45, 7) is 2.54. The van der Waals surface area contributed by atoms with Gasteiger partial charge in [-0.15, -0.1) is 0 Å². The van der Waals surface area contributed by atoms with Gasteiger partial charge in [0.05, 0.1) is 16.7 Å². The Morgan fingerprint density at radius 1 is 1.03 bits per heavy atom. The summed E-state index contributed by atoms with van der Waals surface area (Å²) in [7, 11) is 0. The standard InChI is InChI=1S/C25H24N4O2S/c1-18-13-14-22(27-16-18)29-24(31)20-11-5-6-12-21(20)28-25(29)32-17-23(30)26-15-7-10-19-8-3-2-4-9-19/h2-6,8-9,11-14,16H,7,10,15,17H2,1H3,(H,26,30). The molecule has 0 atom stereocenters. The Morgan fingerprint density at radius 3 is 2.59 bits per heavy atom. The average Bonchev–Trinajstić information content (AvgIpc) is 2.82. The molecule has 2 aromatic heterocycles. The SMILES string of the molecule is Cc1ccc(-n2c(SCC(=O)NCCCc3ccccc3)nc3ccccc3c2=O)nc1. The maximum absolute atomic E-state index is 13.2. The summed E-state index contributed by atoms with van der Waals surface area (Å²) in [6, 6.07) is 21.1. The van der Waals surface area contributed by atoms with Crippen LogP contribution in [0.4, 0.5) is 0 Å². The second kappa shape index (κ2) is 10.2. The van der Waals surface area contributed by atoms with E-state index in [1.807, 2.05) is 43.3 Å². The number of aromatic nitrogens is 3. The average molecular weight is 445 g/mol. The number of fused-ring (bicyclic) bond motifs is 1. The van der Waals surface area contributed by atoms with Crippen molar-refractivity contribution in [2.75, 3.05) is 12.3 Å². The van der Waals surface area contributed by atoms with Gasteiger partial charge in [-0.25, -0.2) is 14.5 Å². The van der Waals surface area contributed by atoms with E-state index in [0.717, 1.165) is 18.4 Å². The molecule has 4 aromatic rings. The second-order valence-electron chi connectivity index (χ2n) is 7.47. The van der Waals surface area contributed by atoms with Gasteiger partial charge in [0.2, 0.25) is 5.91 Å². The Labute approximate surface area is 190 Å². The van der Waals surface area contributed by atoms with Crippen molar-refractivity contribution in [3.63, 3.8) is 0 Å². The minimum atomic E-state index is -0.197. The first kappa shape index (κ1) is 21.8. The van der Waals surface area contributed by atoms with Gasteiger partial charge in [-0.3, -0.25) is 9.59 Å². The third-order valence-corrected chi connectivity index (χ3v) is 5.95. The van der Waals surface area contributed by atoms with Gasteiger partial charge >= 0.3 is 0 Å². The molecule has 0 saturated carbocycles. The Balaban J connectivity index is 1.47. The lowest BCUT2D eigenvalue weighted by Crippen LogP contribution is -2.27. The molecule has 32 heavy (non-hydrogen) atoms. The molecule has 0 unspecified atom stereocenters. The highest BCUT2D eigenvalue weighted by atomic mass is 32.2. The second-order valence-corrected chi connectivity index (χ2v) is 8.42. The summed E-state index contributed by atoms with van der Waals surface area (Å²) >= 11 is 1.24. The summed E-state index contributed by atoms with van der Waals surface area (Å²) in [5, 5.41) is 3.92. The number of pyridine rings is 1. The zero-order chi connectivity index (χ0) is 22.3. The van der Waals surface area contributed by atoms with Crippen LogP contribution in [0.15, 0.2) is 82.9 Å².